The number of nitrogens with zero attached hydrogens (tertiary/aromatic N) is 2. The summed E-state index contributed by atoms with van der Waals surface area (Å²) < 4.78 is 3.00. The molecule has 19 heavy (non-hydrogen) atoms. The molecule has 1 aromatic rings. The lowest BCUT2D eigenvalue weighted by Gasteiger charge is -2.21. The third-order valence-electron chi connectivity index (χ3n) is 2.99. The number of urea groups is 1. The van der Waals surface area contributed by atoms with Crippen molar-refractivity contribution in [3.8, 4) is 0 Å². The Morgan fingerprint density at radius 1 is 1.63 bits per heavy atom. The Hall–Kier alpha value is -1.01. The summed E-state index contributed by atoms with van der Waals surface area (Å²) in [6, 6.07) is 1.98. The van der Waals surface area contributed by atoms with Crippen LogP contribution in [0.15, 0.2) is 16.7 Å². The topological polar surface area (TPSA) is 57.5 Å². The fraction of sp³-hybridized carbons (Fsp3) is 0.615. The minimum atomic E-state index is -0.0947. The Morgan fingerprint density at radius 3 is 2.84 bits per heavy atom. The largest absolute Gasteiger partial charge is 0.396 e. The fourth-order valence-electron chi connectivity index (χ4n) is 1.83. The molecule has 1 unspecified atom stereocenters. The first-order chi connectivity index (χ1) is 8.93. The molecule has 2 amide bonds. The molecule has 0 saturated carbocycles. The van der Waals surface area contributed by atoms with Gasteiger partial charge >= 0.3 is 6.03 Å². The van der Waals surface area contributed by atoms with Crippen molar-refractivity contribution in [1.29, 1.82) is 0 Å². The number of aryl methyl sites for hydroxylation is 1. The Bertz CT molecular complexity index is 420. The van der Waals surface area contributed by atoms with Gasteiger partial charge in [0.05, 0.1) is 6.54 Å². The number of hydrogen-bond donors (Lipinski definition) is 2. The highest BCUT2D eigenvalue weighted by Gasteiger charge is 2.13. The van der Waals surface area contributed by atoms with E-state index in [9.17, 15) is 4.79 Å². The molecule has 108 valence electrons. The molecule has 2 N–H and O–H groups in total. The highest BCUT2D eigenvalue weighted by Crippen LogP contribution is 2.15. The number of carbonyl (C=O) groups is 1. The van der Waals surface area contributed by atoms with Gasteiger partial charge < -0.3 is 19.9 Å². The standard InChI is InChI=1S/C13H22BrN3O2/c1-10(5-4-6-18)15-13(19)17(3)9-12-7-11(14)8-16(12)2/h7-8,10,18H,4-6,9H2,1-3H3,(H,15,19). The maximum Gasteiger partial charge on any atom is 0.317 e. The van der Waals surface area contributed by atoms with Crippen molar-refractivity contribution in [2.45, 2.75) is 32.4 Å². The zero-order valence-electron chi connectivity index (χ0n) is 11.7. The Morgan fingerprint density at radius 2 is 2.32 bits per heavy atom. The Labute approximate surface area is 122 Å². The van der Waals surface area contributed by atoms with E-state index in [4.69, 9.17) is 5.11 Å². The normalized spacial score (nSPS) is 12.3. The SMILES string of the molecule is CC(CCCO)NC(=O)N(C)Cc1cc(Br)cn1C. The minimum Gasteiger partial charge on any atom is -0.396 e. The van der Waals surface area contributed by atoms with Crippen molar-refractivity contribution in [3.63, 3.8) is 0 Å². The average Bonchev–Trinajstić information content (AvgIpc) is 2.65. The minimum absolute atomic E-state index is 0.0715. The van der Waals surface area contributed by atoms with Crippen LogP contribution in [0.4, 0.5) is 4.79 Å². The molecule has 0 saturated heterocycles. The van der Waals surface area contributed by atoms with Gasteiger partial charge in [0.1, 0.15) is 0 Å². The van der Waals surface area contributed by atoms with E-state index >= 15 is 0 Å². The monoisotopic (exact) mass is 331 g/mol. The van der Waals surface area contributed by atoms with Gasteiger partial charge in [-0.1, -0.05) is 0 Å². The van der Waals surface area contributed by atoms with Crippen LogP contribution in [0.2, 0.25) is 0 Å². The maximum atomic E-state index is 12.0. The number of aliphatic hydroxyl groups excluding tert-OH is 1. The number of aliphatic hydroxyl groups is 1. The lowest BCUT2D eigenvalue weighted by molar-refractivity contribution is 0.200. The number of carbonyl (C=O) groups excluding carboxylic acids is 1. The zero-order valence-corrected chi connectivity index (χ0v) is 13.3. The van der Waals surface area contributed by atoms with Crippen LogP contribution in [-0.4, -0.2) is 40.3 Å². The molecule has 0 radical (unpaired) electrons. The van der Waals surface area contributed by atoms with E-state index < -0.39 is 0 Å². The predicted molar refractivity (Wildman–Crippen MR) is 78.9 cm³/mol. The van der Waals surface area contributed by atoms with E-state index in [1.165, 1.54) is 0 Å². The van der Waals surface area contributed by atoms with Crippen molar-refractivity contribution in [3.05, 3.63) is 22.4 Å². The van der Waals surface area contributed by atoms with E-state index in [0.29, 0.717) is 13.0 Å². The van der Waals surface area contributed by atoms with Gasteiger partial charge in [0.15, 0.2) is 0 Å². The molecule has 1 heterocycles. The second kappa shape index (κ2) is 7.55. The van der Waals surface area contributed by atoms with Crippen molar-refractivity contribution in [2.24, 2.45) is 7.05 Å². The van der Waals surface area contributed by atoms with E-state index in [-0.39, 0.29) is 18.7 Å². The number of aromatic nitrogens is 1. The second-order valence-electron chi connectivity index (χ2n) is 4.83. The third-order valence-corrected chi connectivity index (χ3v) is 3.42. The molecular formula is C13H22BrN3O2. The highest BCUT2D eigenvalue weighted by atomic mass is 79.9. The molecule has 0 aromatic carbocycles. The number of rotatable bonds is 6. The molecule has 1 atom stereocenters. The number of amides is 2. The first-order valence-corrected chi connectivity index (χ1v) is 7.16. The fourth-order valence-corrected chi connectivity index (χ4v) is 2.40. The number of nitrogens with one attached hydrogen (secondary N) is 1. The van der Waals surface area contributed by atoms with Crippen molar-refractivity contribution in [1.82, 2.24) is 14.8 Å². The Kier molecular flexibility index (Phi) is 6.37. The summed E-state index contributed by atoms with van der Waals surface area (Å²) >= 11 is 3.42. The maximum absolute atomic E-state index is 12.0. The van der Waals surface area contributed by atoms with Gasteiger partial charge in [0.25, 0.3) is 0 Å². The molecule has 0 fully saturated rings. The summed E-state index contributed by atoms with van der Waals surface area (Å²) in [6.45, 7) is 2.66. The van der Waals surface area contributed by atoms with Gasteiger partial charge in [-0.05, 0) is 41.8 Å². The van der Waals surface area contributed by atoms with Crippen LogP contribution in [0, 0.1) is 0 Å². The molecule has 0 spiro atoms. The van der Waals surface area contributed by atoms with Crippen LogP contribution in [-0.2, 0) is 13.6 Å². The summed E-state index contributed by atoms with van der Waals surface area (Å²) in [4.78, 5) is 13.6. The lowest BCUT2D eigenvalue weighted by Crippen LogP contribution is -2.41. The molecule has 0 aliphatic carbocycles. The van der Waals surface area contributed by atoms with Crippen LogP contribution in [0.25, 0.3) is 0 Å². The Balaban J connectivity index is 2.46. The van der Waals surface area contributed by atoms with Gasteiger partial charge in [-0.2, -0.15) is 0 Å². The summed E-state index contributed by atoms with van der Waals surface area (Å²) in [5, 5.41) is 11.7. The number of hydrogen-bond acceptors (Lipinski definition) is 2. The third kappa shape index (κ3) is 5.24. The van der Waals surface area contributed by atoms with Gasteiger partial charge in [-0.15, -0.1) is 0 Å². The summed E-state index contributed by atoms with van der Waals surface area (Å²) in [7, 11) is 3.73. The zero-order chi connectivity index (χ0) is 14.4. The van der Waals surface area contributed by atoms with Gasteiger partial charge in [-0.25, -0.2) is 4.79 Å². The molecule has 0 aliphatic heterocycles. The van der Waals surface area contributed by atoms with Crippen LogP contribution in [0.3, 0.4) is 0 Å². The smallest absolute Gasteiger partial charge is 0.317 e. The molecule has 5 nitrogen and oxygen atoms in total. The summed E-state index contributed by atoms with van der Waals surface area (Å²) in [5.74, 6) is 0. The first-order valence-electron chi connectivity index (χ1n) is 6.37. The van der Waals surface area contributed by atoms with E-state index in [1.807, 2.05) is 30.8 Å². The molecule has 0 bridgehead atoms. The summed E-state index contributed by atoms with van der Waals surface area (Å²) in [6.07, 6.45) is 3.45. The van der Waals surface area contributed by atoms with Crippen molar-refractivity contribution in [2.75, 3.05) is 13.7 Å². The summed E-state index contributed by atoms with van der Waals surface area (Å²) in [5.41, 5.74) is 1.06. The molecule has 1 aromatic heterocycles. The highest BCUT2D eigenvalue weighted by molar-refractivity contribution is 9.10. The van der Waals surface area contributed by atoms with Crippen LogP contribution in [0.5, 0.6) is 0 Å². The molecule has 6 heteroatoms. The molecule has 0 aliphatic rings. The predicted octanol–water partition coefficient (Wildman–Crippen LogP) is 2.09. The number of halogens is 1. The van der Waals surface area contributed by atoms with Crippen molar-refractivity contribution < 1.29 is 9.90 Å². The van der Waals surface area contributed by atoms with Gasteiger partial charge in [0, 0.05) is 43.1 Å². The lowest BCUT2D eigenvalue weighted by atomic mass is 10.2. The van der Waals surface area contributed by atoms with Crippen LogP contribution >= 0.6 is 15.9 Å². The molecule has 1 rings (SSSR count). The first kappa shape index (κ1) is 16.0. The van der Waals surface area contributed by atoms with E-state index in [2.05, 4.69) is 21.2 Å². The van der Waals surface area contributed by atoms with Crippen LogP contribution < -0.4 is 5.32 Å². The van der Waals surface area contributed by atoms with Crippen LogP contribution in [0.1, 0.15) is 25.5 Å². The average molecular weight is 332 g/mol. The second-order valence-corrected chi connectivity index (χ2v) is 5.75. The van der Waals surface area contributed by atoms with Gasteiger partial charge in [-0.3, -0.25) is 0 Å². The van der Waals surface area contributed by atoms with Crippen molar-refractivity contribution >= 4 is 22.0 Å². The van der Waals surface area contributed by atoms with E-state index in [1.54, 1.807) is 11.9 Å². The van der Waals surface area contributed by atoms with Gasteiger partial charge in [0.2, 0.25) is 0 Å². The quantitative estimate of drug-likeness (QED) is 0.838. The van der Waals surface area contributed by atoms with E-state index in [0.717, 1.165) is 16.6 Å². The molecular weight excluding hydrogens is 310 g/mol.